The molecule has 30 nitrogen and oxygen atoms in total. The zero-order chi connectivity index (χ0) is 109. The minimum Gasteiger partial charge on any atom is -0.508 e. The summed E-state index contributed by atoms with van der Waals surface area (Å²) in [6.45, 7) is 22.7. The van der Waals surface area contributed by atoms with E-state index in [1.165, 1.54) is 0 Å². The Kier molecular flexibility index (Phi) is 63.8. The maximum absolute atomic E-state index is 12.5. The molecule has 5 amide bonds. The number of hydrogen-bond acceptors (Lipinski definition) is 25. The second kappa shape index (κ2) is 75.6. The van der Waals surface area contributed by atoms with Crippen LogP contribution in [-0.4, -0.2) is 271 Å². The minimum atomic E-state index is -0.515. The largest absolute Gasteiger partial charge is 0.508 e. The van der Waals surface area contributed by atoms with Crippen LogP contribution in [0.5, 0.6) is 28.7 Å². The first-order valence-electron chi connectivity index (χ1n) is 52.0. The number of phenols is 5. The Hall–Kier alpha value is -12.1. The fourth-order valence-electron chi connectivity index (χ4n) is 15.0. The first kappa shape index (κ1) is 127. The number of carbonyl (C=O) groups excluding carboxylic acids is 5. The SMILES string of the molecule is CC(COC[C@H](Cc1ccc(O)cc1)NC(=O)CCc1ccccc1)OC[C@H](C)O.CC(O)CO[C@@H](C)COC[C@H](Cc1ccc(O)cc1)NC(=O)CCc1ccccc1.CC(O)CO[C@H](C)COC[C@H](Cc1ccc(O)cc1)NC(=O)CCc1ccccc1.C[C@@H](O)CO[C@@H](C)COC[C@@H](Cc1ccc(O)cc1)NC(=O)CCc1ccccc1.C[C@H](O)CO[C@@H](C)COC[C@@H](Cc1ccc(O)cc1)NC(=O)CCc1ccccc1. The molecule has 15 atom stereocenters. The molecule has 0 saturated carbocycles. The molecule has 0 fully saturated rings. The summed E-state index contributed by atoms with van der Waals surface area (Å²) in [6.07, 6.45) is 5.11. The summed E-state index contributed by atoms with van der Waals surface area (Å²) >= 11 is 0. The quantitative estimate of drug-likeness (QED) is 0.0168. The first-order valence-corrected chi connectivity index (χ1v) is 52.0. The molecule has 820 valence electrons. The summed E-state index contributed by atoms with van der Waals surface area (Å²) in [5.74, 6) is 0.936. The fourth-order valence-corrected chi connectivity index (χ4v) is 15.0. The maximum atomic E-state index is 12.5. The number of aliphatic hydroxyl groups is 5. The first-order chi connectivity index (χ1) is 72.1. The lowest BCUT2D eigenvalue weighted by Crippen LogP contribution is -2.40. The van der Waals surface area contributed by atoms with Crippen LogP contribution in [0.3, 0.4) is 0 Å². The number of rotatable bonds is 65. The number of hydrogen-bond donors (Lipinski definition) is 15. The molecule has 0 aliphatic carbocycles. The average molecular weight is 2080 g/mol. The van der Waals surface area contributed by atoms with Crippen molar-refractivity contribution in [3.63, 3.8) is 0 Å². The van der Waals surface area contributed by atoms with Crippen molar-refractivity contribution in [3.8, 4) is 28.7 Å². The van der Waals surface area contributed by atoms with Gasteiger partial charge in [-0.15, -0.1) is 0 Å². The van der Waals surface area contributed by atoms with Crippen LogP contribution >= 0.6 is 0 Å². The van der Waals surface area contributed by atoms with Crippen LogP contribution in [0, 0.1) is 0 Å². The number of carbonyl (C=O) groups is 5. The lowest BCUT2D eigenvalue weighted by molar-refractivity contribution is -0.123. The van der Waals surface area contributed by atoms with Gasteiger partial charge in [-0.3, -0.25) is 24.0 Å². The molecular formula is C120H165N5O25. The van der Waals surface area contributed by atoms with Crippen molar-refractivity contribution < 1.29 is 122 Å². The highest BCUT2D eigenvalue weighted by molar-refractivity contribution is 5.78. The number of phenolic OH excluding ortho intramolecular Hbond substituents is 5. The molecule has 30 heteroatoms. The maximum Gasteiger partial charge on any atom is 0.220 e. The zero-order valence-electron chi connectivity index (χ0n) is 89.0. The van der Waals surface area contributed by atoms with E-state index in [-0.39, 0.29) is 152 Å². The third-order valence-electron chi connectivity index (χ3n) is 22.8. The van der Waals surface area contributed by atoms with Crippen molar-refractivity contribution in [2.45, 2.75) is 257 Å². The van der Waals surface area contributed by atoms with Gasteiger partial charge >= 0.3 is 0 Å². The monoisotopic (exact) mass is 2080 g/mol. The summed E-state index contributed by atoms with van der Waals surface area (Å²) in [4.78, 5) is 62.4. The predicted octanol–water partition coefficient (Wildman–Crippen LogP) is 14.3. The van der Waals surface area contributed by atoms with Crippen molar-refractivity contribution in [2.24, 2.45) is 0 Å². The number of amides is 5. The van der Waals surface area contributed by atoms with Crippen molar-refractivity contribution in [1.82, 2.24) is 26.6 Å². The summed E-state index contributed by atoms with van der Waals surface area (Å²) in [5.41, 5.74) is 10.7. The molecule has 150 heavy (non-hydrogen) atoms. The van der Waals surface area contributed by atoms with Gasteiger partial charge in [0.15, 0.2) is 0 Å². The molecular weight excluding hydrogens is 1910 g/mol. The van der Waals surface area contributed by atoms with Crippen LogP contribution in [0.4, 0.5) is 0 Å². The number of aryl methyl sites for hydroxylation is 5. The summed E-state index contributed by atoms with van der Waals surface area (Å²) in [6, 6.07) is 83.4. The van der Waals surface area contributed by atoms with Gasteiger partial charge in [0, 0.05) is 32.1 Å². The Labute approximate surface area is 886 Å². The Morgan fingerprint density at radius 1 is 0.193 bits per heavy atom. The van der Waals surface area contributed by atoms with Gasteiger partial charge in [0.2, 0.25) is 29.5 Å². The highest BCUT2D eigenvalue weighted by atomic mass is 16.6. The van der Waals surface area contributed by atoms with Gasteiger partial charge in [-0.25, -0.2) is 0 Å². The van der Waals surface area contributed by atoms with E-state index >= 15 is 0 Å². The molecule has 10 aromatic carbocycles. The Balaban J connectivity index is 0.000000286. The molecule has 3 unspecified atom stereocenters. The minimum absolute atomic E-state index is 0.0235. The topological polar surface area (TPSA) is 440 Å². The lowest BCUT2D eigenvalue weighted by atomic mass is 10.1. The van der Waals surface area contributed by atoms with Crippen LogP contribution in [0.2, 0.25) is 0 Å². The smallest absolute Gasteiger partial charge is 0.220 e. The van der Waals surface area contributed by atoms with Gasteiger partial charge in [-0.05, 0) is 250 Å². The number of aliphatic hydroxyl groups excluding tert-OH is 5. The molecule has 10 rings (SSSR count). The molecule has 0 bridgehead atoms. The third kappa shape index (κ3) is 63.2. The third-order valence-corrected chi connectivity index (χ3v) is 22.8. The zero-order valence-corrected chi connectivity index (χ0v) is 89.0. The average Bonchev–Trinajstić information content (AvgIpc) is 0.905. The highest BCUT2D eigenvalue weighted by Crippen LogP contribution is 2.21. The van der Waals surface area contributed by atoms with Gasteiger partial charge < -0.3 is 125 Å². The second-order valence-corrected chi connectivity index (χ2v) is 38.3. The Morgan fingerprint density at radius 3 is 0.467 bits per heavy atom. The van der Waals surface area contributed by atoms with E-state index < -0.39 is 30.5 Å². The number of nitrogens with one attached hydrogen (secondary N) is 5. The van der Waals surface area contributed by atoms with Gasteiger partial charge in [0.05, 0.1) is 190 Å². The number of aromatic hydroxyl groups is 5. The lowest BCUT2D eigenvalue weighted by Gasteiger charge is -2.21. The standard InChI is InChI=1S/5C24H33NO5/c5*1-18(26)15-30-19(2)16-29-17-22(14-21-8-11-23(27)12-9-21)25-24(28)13-10-20-6-4-3-5-7-20/h5*3-9,11-12,18-19,22,26-27H,10,13-17H2,1-2H3,(H,25,28)/t18?,19-,22+;18?,19-,22-;18-,19?,22-;18-,19+,22-;18-,19-,22+/m10010/s1. The van der Waals surface area contributed by atoms with Gasteiger partial charge in [-0.2, -0.15) is 0 Å². The van der Waals surface area contributed by atoms with E-state index in [9.17, 15) is 75.0 Å². The predicted molar refractivity (Wildman–Crippen MR) is 582 cm³/mol. The molecule has 0 heterocycles. The molecule has 0 radical (unpaired) electrons. The van der Waals surface area contributed by atoms with Crippen LogP contribution in [0.1, 0.15) is 157 Å². The van der Waals surface area contributed by atoms with E-state index in [4.69, 9.17) is 47.4 Å². The van der Waals surface area contributed by atoms with Gasteiger partial charge in [-0.1, -0.05) is 212 Å². The van der Waals surface area contributed by atoms with Crippen molar-refractivity contribution >= 4 is 29.5 Å². The molecule has 10 aromatic rings. The van der Waals surface area contributed by atoms with E-state index in [0.717, 1.165) is 55.6 Å². The van der Waals surface area contributed by atoms with Crippen molar-refractivity contribution in [2.75, 3.05) is 99.1 Å². The van der Waals surface area contributed by atoms with Crippen LogP contribution in [-0.2, 0) is 136 Å². The second-order valence-electron chi connectivity index (χ2n) is 38.3. The summed E-state index contributed by atoms with van der Waals surface area (Å²) < 4.78 is 56.4. The summed E-state index contributed by atoms with van der Waals surface area (Å²) in [7, 11) is 0. The molecule has 0 saturated heterocycles. The van der Waals surface area contributed by atoms with E-state index in [0.29, 0.717) is 162 Å². The van der Waals surface area contributed by atoms with E-state index in [1.54, 1.807) is 95.3 Å². The number of benzene rings is 10. The fraction of sp³-hybridized carbons (Fsp3) is 0.458. The number of ether oxygens (including phenoxy) is 10. The van der Waals surface area contributed by atoms with Gasteiger partial charge in [0.1, 0.15) is 28.7 Å². The molecule has 0 spiro atoms. The van der Waals surface area contributed by atoms with E-state index in [2.05, 4.69) is 26.6 Å². The molecule has 0 aliphatic heterocycles. The normalized spacial score (nSPS) is 14.1. The van der Waals surface area contributed by atoms with Crippen molar-refractivity contribution in [3.05, 3.63) is 329 Å². The van der Waals surface area contributed by atoms with Gasteiger partial charge in [0.25, 0.3) is 0 Å². The molecule has 0 aliphatic rings. The summed E-state index contributed by atoms with van der Waals surface area (Å²) in [5, 5.41) is 109. The highest BCUT2D eigenvalue weighted by Gasteiger charge is 2.23. The molecule has 15 N–H and O–H groups in total. The van der Waals surface area contributed by atoms with Crippen LogP contribution in [0.15, 0.2) is 273 Å². The van der Waals surface area contributed by atoms with E-state index in [1.807, 2.05) is 247 Å². The van der Waals surface area contributed by atoms with Crippen LogP contribution in [0.25, 0.3) is 0 Å². The van der Waals surface area contributed by atoms with Crippen LogP contribution < -0.4 is 26.6 Å². The Bertz CT molecular complexity index is 4410. The molecule has 0 aromatic heterocycles. The Morgan fingerprint density at radius 2 is 0.333 bits per heavy atom. The van der Waals surface area contributed by atoms with Crippen molar-refractivity contribution in [1.29, 1.82) is 0 Å².